The third-order valence-corrected chi connectivity index (χ3v) is 2.02. The van der Waals surface area contributed by atoms with Crippen LogP contribution in [0, 0.1) is 5.82 Å². The van der Waals surface area contributed by atoms with Gasteiger partial charge in [0.05, 0.1) is 6.61 Å². The van der Waals surface area contributed by atoms with Crippen molar-refractivity contribution < 1.29 is 9.50 Å². The van der Waals surface area contributed by atoms with Crippen LogP contribution in [-0.4, -0.2) is 5.11 Å². The van der Waals surface area contributed by atoms with Gasteiger partial charge in [0, 0.05) is 15.7 Å². The van der Waals surface area contributed by atoms with Crippen LogP contribution in [-0.2, 0) is 6.61 Å². The van der Waals surface area contributed by atoms with E-state index in [9.17, 15) is 4.39 Å². The summed E-state index contributed by atoms with van der Waals surface area (Å²) in [6.07, 6.45) is 0. The van der Waals surface area contributed by atoms with Gasteiger partial charge in [0.1, 0.15) is 5.82 Å². The number of hydrogen-bond acceptors (Lipinski definition) is 2. The number of halogens is 2. The molecule has 0 aliphatic rings. The van der Waals surface area contributed by atoms with E-state index < -0.39 is 5.82 Å². The molecule has 0 aliphatic carbocycles. The van der Waals surface area contributed by atoms with Crippen molar-refractivity contribution in [3.63, 3.8) is 0 Å². The van der Waals surface area contributed by atoms with Gasteiger partial charge in [-0.3, -0.25) is 0 Å². The smallest absolute Gasteiger partial charge is 0.130 e. The highest BCUT2D eigenvalue weighted by atomic mass is 79.9. The molecule has 4 heteroatoms. The summed E-state index contributed by atoms with van der Waals surface area (Å²) in [7, 11) is 0. The van der Waals surface area contributed by atoms with Crippen molar-refractivity contribution >= 4 is 21.6 Å². The van der Waals surface area contributed by atoms with Crippen LogP contribution in [0.3, 0.4) is 0 Å². The Morgan fingerprint density at radius 3 is 2.73 bits per heavy atom. The van der Waals surface area contributed by atoms with Gasteiger partial charge in [0.15, 0.2) is 0 Å². The van der Waals surface area contributed by atoms with Crippen molar-refractivity contribution in [2.75, 3.05) is 5.73 Å². The highest BCUT2D eigenvalue weighted by Gasteiger charge is 2.04. The van der Waals surface area contributed by atoms with Gasteiger partial charge in [0.25, 0.3) is 0 Å². The van der Waals surface area contributed by atoms with E-state index in [4.69, 9.17) is 10.8 Å². The number of aliphatic hydroxyl groups is 1. The number of anilines is 1. The van der Waals surface area contributed by atoms with Gasteiger partial charge in [0.2, 0.25) is 0 Å². The van der Waals surface area contributed by atoms with Crippen molar-refractivity contribution in [2.45, 2.75) is 6.61 Å². The Bertz CT molecular complexity index is 277. The van der Waals surface area contributed by atoms with Crippen LogP contribution in [0.4, 0.5) is 10.1 Å². The van der Waals surface area contributed by atoms with Gasteiger partial charge in [-0.1, -0.05) is 0 Å². The minimum atomic E-state index is -0.479. The molecule has 0 saturated heterocycles. The van der Waals surface area contributed by atoms with E-state index in [2.05, 4.69) is 15.9 Å². The Hall–Kier alpha value is -0.610. The van der Waals surface area contributed by atoms with E-state index in [1.807, 2.05) is 0 Å². The molecule has 0 amide bonds. The Balaban J connectivity index is 3.21. The molecule has 0 spiro atoms. The first-order valence-corrected chi connectivity index (χ1v) is 3.78. The fourth-order valence-corrected chi connectivity index (χ4v) is 1.12. The van der Waals surface area contributed by atoms with Crippen molar-refractivity contribution in [1.82, 2.24) is 0 Å². The SMILES string of the molecule is Nc1cc(F)c(CO)cc1Br. The Morgan fingerprint density at radius 1 is 1.55 bits per heavy atom. The molecule has 0 unspecified atom stereocenters. The molecule has 0 aromatic heterocycles. The Morgan fingerprint density at radius 2 is 2.18 bits per heavy atom. The van der Waals surface area contributed by atoms with Gasteiger partial charge < -0.3 is 10.8 Å². The molecule has 60 valence electrons. The van der Waals surface area contributed by atoms with Crippen molar-refractivity contribution in [2.24, 2.45) is 0 Å². The normalized spacial score (nSPS) is 10.1. The van der Waals surface area contributed by atoms with Gasteiger partial charge >= 0.3 is 0 Å². The number of hydrogen-bond donors (Lipinski definition) is 2. The molecule has 0 saturated carbocycles. The molecule has 0 heterocycles. The van der Waals surface area contributed by atoms with Gasteiger partial charge in [-0.2, -0.15) is 0 Å². The predicted molar refractivity (Wildman–Crippen MR) is 44.4 cm³/mol. The van der Waals surface area contributed by atoms with E-state index >= 15 is 0 Å². The first-order chi connectivity index (χ1) is 5.15. The second kappa shape index (κ2) is 3.19. The summed E-state index contributed by atoms with van der Waals surface area (Å²) in [6.45, 7) is -0.315. The summed E-state index contributed by atoms with van der Waals surface area (Å²) < 4.78 is 13.4. The summed E-state index contributed by atoms with van der Waals surface area (Å²) in [4.78, 5) is 0. The highest BCUT2D eigenvalue weighted by Crippen LogP contribution is 2.22. The highest BCUT2D eigenvalue weighted by molar-refractivity contribution is 9.10. The summed E-state index contributed by atoms with van der Waals surface area (Å²) in [5, 5.41) is 8.63. The molecule has 2 nitrogen and oxygen atoms in total. The monoisotopic (exact) mass is 219 g/mol. The quantitative estimate of drug-likeness (QED) is 0.707. The summed E-state index contributed by atoms with van der Waals surface area (Å²) in [5.74, 6) is -0.479. The van der Waals surface area contributed by atoms with Crippen LogP contribution >= 0.6 is 15.9 Å². The fourth-order valence-electron chi connectivity index (χ4n) is 0.725. The lowest BCUT2D eigenvalue weighted by molar-refractivity contribution is 0.275. The van der Waals surface area contributed by atoms with Crippen LogP contribution in [0.15, 0.2) is 16.6 Å². The van der Waals surface area contributed by atoms with Crippen molar-refractivity contribution in [3.05, 3.63) is 28.0 Å². The van der Waals surface area contributed by atoms with E-state index in [1.54, 1.807) is 0 Å². The van der Waals surface area contributed by atoms with Gasteiger partial charge in [-0.05, 0) is 28.1 Å². The molecule has 0 radical (unpaired) electrons. The lowest BCUT2D eigenvalue weighted by Gasteiger charge is -2.02. The maximum atomic E-state index is 12.8. The maximum absolute atomic E-state index is 12.8. The second-order valence-corrected chi connectivity index (χ2v) is 2.98. The molecular formula is C7H7BrFNO. The van der Waals surface area contributed by atoms with Gasteiger partial charge in [-0.15, -0.1) is 0 Å². The lowest BCUT2D eigenvalue weighted by Crippen LogP contribution is -1.94. The van der Waals surface area contributed by atoms with Crippen LogP contribution < -0.4 is 5.73 Å². The Labute approximate surface area is 72.0 Å². The number of nitrogens with two attached hydrogens (primary N) is 1. The van der Waals surface area contributed by atoms with Crippen LogP contribution in [0.2, 0.25) is 0 Å². The Kier molecular flexibility index (Phi) is 2.46. The third-order valence-electron chi connectivity index (χ3n) is 1.34. The predicted octanol–water partition coefficient (Wildman–Crippen LogP) is 1.66. The molecule has 0 aliphatic heterocycles. The average molecular weight is 220 g/mol. The zero-order valence-corrected chi connectivity index (χ0v) is 7.23. The lowest BCUT2D eigenvalue weighted by atomic mass is 10.2. The van der Waals surface area contributed by atoms with Crippen LogP contribution in [0.1, 0.15) is 5.56 Å². The van der Waals surface area contributed by atoms with Crippen LogP contribution in [0.5, 0.6) is 0 Å². The number of benzene rings is 1. The fraction of sp³-hybridized carbons (Fsp3) is 0.143. The van der Waals surface area contributed by atoms with Crippen LogP contribution in [0.25, 0.3) is 0 Å². The third kappa shape index (κ3) is 1.70. The van der Waals surface area contributed by atoms with E-state index in [0.717, 1.165) is 0 Å². The number of rotatable bonds is 1. The number of aliphatic hydroxyl groups excluding tert-OH is 1. The topological polar surface area (TPSA) is 46.2 Å². The molecule has 1 aromatic rings. The standard InChI is InChI=1S/C7H7BrFNO/c8-5-1-4(3-11)6(9)2-7(5)10/h1-2,11H,3,10H2. The average Bonchev–Trinajstić information content (AvgIpc) is 1.97. The zero-order chi connectivity index (χ0) is 8.43. The summed E-state index contributed by atoms with van der Waals surface area (Å²) in [5.41, 5.74) is 5.95. The molecule has 0 fully saturated rings. The number of nitrogen functional groups attached to an aromatic ring is 1. The van der Waals surface area contributed by atoms with Gasteiger partial charge in [-0.25, -0.2) is 4.39 Å². The second-order valence-electron chi connectivity index (χ2n) is 2.12. The molecular weight excluding hydrogens is 213 g/mol. The molecule has 1 aromatic carbocycles. The van der Waals surface area contributed by atoms with E-state index in [1.165, 1.54) is 12.1 Å². The summed E-state index contributed by atoms with van der Waals surface area (Å²) in [6, 6.07) is 2.64. The van der Waals surface area contributed by atoms with E-state index in [0.29, 0.717) is 10.2 Å². The first-order valence-electron chi connectivity index (χ1n) is 2.99. The zero-order valence-electron chi connectivity index (χ0n) is 5.64. The van der Waals surface area contributed by atoms with Crippen molar-refractivity contribution in [1.29, 1.82) is 0 Å². The maximum Gasteiger partial charge on any atom is 0.130 e. The first kappa shape index (κ1) is 8.49. The largest absolute Gasteiger partial charge is 0.398 e. The minimum Gasteiger partial charge on any atom is -0.398 e. The molecule has 1 rings (SSSR count). The molecule has 0 bridgehead atoms. The van der Waals surface area contributed by atoms with E-state index in [-0.39, 0.29) is 12.2 Å². The minimum absolute atomic E-state index is 0.242. The molecule has 0 atom stereocenters. The summed E-state index contributed by atoms with van der Waals surface area (Å²) >= 11 is 3.12. The van der Waals surface area contributed by atoms with Crippen molar-refractivity contribution in [3.8, 4) is 0 Å². The molecule has 3 N–H and O–H groups in total. The molecule has 11 heavy (non-hydrogen) atoms.